The monoisotopic (exact) mass is 444 g/mol. The molecular formula is C24H28O8. The van der Waals surface area contributed by atoms with Crippen LogP contribution < -0.4 is 0 Å². The molecule has 1 saturated carbocycles. The van der Waals surface area contributed by atoms with E-state index in [0.717, 1.165) is 0 Å². The minimum atomic E-state index is -1.25. The zero-order chi connectivity index (χ0) is 23.4. The largest absolute Gasteiger partial charge is 0.455 e. The van der Waals surface area contributed by atoms with Crippen LogP contribution in [0.15, 0.2) is 22.3 Å². The minimum absolute atomic E-state index is 0.00103. The van der Waals surface area contributed by atoms with Gasteiger partial charge in [-0.05, 0) is 63.3 Å². The van der Waals surface area contributed by atoms with E-state index in [2.05, 4.69) is 0 Å². The number of esters is 2. The summed E-state index contributed by atoms with van der Waals surface area (Å²) in [6.07, 6.45) is -1.63. The van der Waals surface area contributed by atoms with Crippen molar-refractivity contribution in [1.29, 1.82) is 0 Å². The van der Waals surface area contributed by atoms with Gasteiger partial charge in [-0.25, -0.2) is 0 Å². The number of Topliss-reactive ketones (excluding diaryl/α,β-unsaturated/α-hetero) is 2. The molecule has 172 valence electrons. The van der Waals surface area contributed by atoms with Crippen LogP contribution in [0.4, 0.5) is 0 Å². The number of allylic oxidation sites excluding steroid dienone is 1. The molecular weight excluding hydrogens is 416 g/mol. The molecule has 8 heteroatoms. The van der Waals surface area contributed by atoms with Gasteiger partial charge in [0, 0.05) is 18.3 Å². The first kappa shape index (κ1) is 21.5. The SMILES string of the molecule is CC1OC2OC(=O)C3(C)CC4=C(CO)C5=C(CC(=O)C4(C)C(C1=O)C23)C(C)(C)OC(=O)C5. The van der Waals surface area contributed by atoms with Crippen LogP contribution >= 0.6 is 0 Å². The molecule has 2 aliphatic carbocycles. The van der Waals surface area contributed by atoms with E-state index in [1.165, 1.54) is 0 Å². The molecule has 0 aromatic rings. The van der Waals surface area contributed by atoms with Crippen molar-refractivity contribution in [3.63, 3.8) is 0 Å². The lowest BCUT2D eigenvalue weighted by molar-refractivity contribution is -0.211. The third kappa shape index (κ3) is 2.45. The second kappa shape index (κ2) is 6.38. The van der Waals surface area contributed by atoms with Crippen molar-refractivity contribution in [1.82, 2.24) is 0 Å². The standard InChI is InChI=1S/C24H28O8/c1-10-19(28)17-18-20(30-10)31-21(29)23(18,4)8-14-12(9-25)11-6-16(27)32-22(2,3)13(11)7-15(26)24(14,17)5/h10,17-18,20,25H,6-9H2,1-5H3. The lowest BCUT2D eigenvalue weighted by Crippen LogP contribution is -2.61. The number of rotatable bonds is 1. The van der Waals surface area contributed by atoms with Crippen LogP contribution in [0.25, 0.3) is 0 Å². The van der Waals surface area contributed by atoms with Crippen molar-refractivity contribution in [2.75, 3.05) is 6.61 Å². The molecule has 3 fully saturated rings. The Morgan fingerprint density at radius 2 is 1.72 bits per heavy atom. The van der Waals surface area contributed by atoms with Crippen LogP contribution in [0.2, 0.25) is 0 Å². The first-order valence-electron chi connectivity index (χ1n) is 11.1. The van der Waals surface area contributed by atoms with Crippen molar-refractivity contribution in [3.8, 4) is 0 Å². The molecule has 6 unspecified atom stereocenters. The molecule has 3 aliphatic heterocycles. The Morgan fingerprint density at radius 1 is 1.03 bits per heavy atom. The number of aliphatic hydroxyl groups excluding tert-OH is 1. The van der Waals surface area contributed by atoms with Gasteiger partial charge in [-0.1, -0.05) is 0 Å². The van der Waals surface area contributed by atoms with Crippen molar-refractivity contribution in [2.24, 2.45) is 22.7 Å². The maximum atomic E-state index is 14.0. The Balaban J connectivity index is 1.81. The molecule has 0 bridgehead atoms. The number of hydrogen-bond acceptors (Lipinski definition) is 8. The van der Waals surface area contributed by atoms with Crippen molar-refractivity contribution >= 4 is 23.5 Å². The average molecular weight is 444 g/mol. The third-order valence-corrected chi connectivity index (χ3v) is 8.50. The predicted molar refractivity (Wildman–Crippen MR) is 109 cm³/mol. The fraction of sp³-hybridized carbons (Fsp3) is 0.667. The van der Waals surface area contributed by atoms with Crippen molar-refractivity contribution < 1.29 is 38.5 Å². The second-order valence-electron chi connectivity index (χ2n) is 10.6. The Kier molecular flexibility index (Phi) is 4.29. The third-order valence-electron chi connectivity index (χ3n) is 8.50. The number of ketones is 2. The second-order valence-corrected chi connectivity index (χ2v) is 10.6. The molecule has 3 heterocycles. The van der Waals surface area contributed by atoms with Gasteiger partial charge in [0.25, 0.3) is 0 Å². The zero-order valence-electron chi connectivity index (χ0n) is 18.9. The Bertz CT molecular complexity index is 1050. The molecule has 6 atom stereocenters. The topological polar surface area (TPSA) is 116 Å². The molecule has 0 spiro atoms. The van der Waals surface area contributed by atoms with E-state index in [0.29, 0.717) is 22.3 Å². The highest BCUT2D eigenvalue weighted by atomic mass is 16.7. The van der Waals surface area contributed by atoms with Crippen LogP contribution in [0.1, 0.15) is 53.9 Å². The Morgan fingerprint density at radius 3 is 2.38 bits per heavy atom. The summed E-state index contributed by atoms with van der Waals surface area (Å²) in [4.78, 5) is 52.9. The number of fused-ring (bicyclic) bond motifs is 2. The van der Waals surface area contributed by atoms with Crippen molar-refractivity contribution in [3.05, 3.63) is 22.3 Å². The molecule has 2 saturated heterocycles. The zero-order valence-corrected chi connectivity index (χ0v) is 18.9. The van der Waals surface area contributed by atoms with E-state index in [9.17, 15) is 24.3 Å². The lowest BCUT2D eigenvalue weighted by atomic mass is 9.48. The van der Waals surface area contributed by atoms with Crippen LogP contribution in [0.3, 0.4) is 0 Å². The highest BCUT2D eigenvalue weighted by molar-refractivity contribution is 6.01. The number of carbonyl (C=O) groups excluding carboxylic acids is 4. The molecule has 0 radical (unpaired) electrons. The molecule has 8 nitrogen and oxygen atoms in total. The number of ether oxygens (including phenoxy) is 3. The van der Waals surface area contributed by atoms with Crippen LogP contribution in [0.5, 0.6) is 0 Å². The summed E-state index contributed by atoms with van der Waals surface area (Å²) in [5.41, 5.74) is -1.06. The molecule has 32 heavy (non-hydrogen) atoms. The fourth-order valence-corrected chi connectivity index (χ4v) is 6.74. The number of carbonyl (C=O) groups is 4. The van der Waals surface area contributed by atoms with E-state index >= 15 is 0 Å². The van der Waals surface area contributed by atoms with Gasteiger partial charge in [0.05, 0.1) is 23.9 Å². The first-order valence-corrected chi connectivity index (χ1v) is 11.1. The van der Waals surface area contributed by atoms with Crippen LogP contribution in [0, 0.1) is 22.7 Å². The van der Waals surface area contributed by atoms with E-state index < -0.39 is 59.2 Å². The fourth-order valence-electron chi connectivity index (χ4n) is 6.74. The smallest absolute Gasteiger partial charge is 0.314 e. The van der Waals surface area contributed by atoms with Gasteiger partial charge in [-0.3, -0.25) is 19.2 Å². The summed E-state index contributed by atoms with van der Waals surface area (Å²) in [5, 5.41) is 10.5. The molecule has 1 N–H and O–H groups in total. The molecule has 5 rings (SSSR count). The summed E-state index contributed by atoms with van der Waals surface area (Å²) >= 11 is 0. The summed E-state index contributed by atoms with van der Waals surface area (Å²) in [6, 6.07) is 0. The van der Waals surface area contributed by atoms with Gasteiger partial charge in [0.15, 0.2) is 5.78 Å². The highest BCUT2D eigenvalue weighted by Crippen LogP contribution is 2.65. The summed E-state index contributed by atoms with van der Waals surface area (Å²) in [6.45, 7) is 8.14. The maximum Gasteiger partial charge on any atom is 0.314 e. The molecule has 0 aromatic heterocycles. The average Bonchev–Trinajstić information content (AvgIpc) is 2.88. The number of aliphatic hydroxyl groups is 1. The van der Waals surface area contributed by atoms with Gasteiger partial charge < -0.3 is 19.3 Å². The quantitative estimate of drug-likeness (QED) is 0.609. The maximum absolute atomic E-state index is 14.0. The predicted octanol–water partition coefficient (Wildman–Crippen LogP) is 1.79. The van der Waals surface area contributed by atoms with Gasteiger partial charge in [-0.15, -0.1) is 0 Å². The minimum Gasteiger partial charge on any atom is -0.455 e. The molecule has 5 aliphatic rings. The van der Waals surface area contributed by atoms with Crippen LogP contribution in [-0.2, 0) is 33.4 Å². The molecule has 0 amide bonds. The lowest BCUT2D eigenvalue weighted by Gasteiger charge is -2.53. The van der Waals surface area contributed by atoms with Gasteiger partial charge in [0.2, 0.25) is 6.29 Å². The summed E-state index contributed by atoms with van der Waals surface area (Å²) in [5.74, 6) is -2.76. The summed E-state index contributed by atoms with van der Waals surface area (Å²) in [7, 11) is 0. The van der Waals surface area contributed by atoms with Gasteiger partial charge in [0.1, 0.15) is 17.5 Å². The van der Waals surface area contributed by atoms with Gasteiger partial charge >= 0.3 is 11.9 Å². The first-order chi connectivity index (χ1) is 14.9. The Hall–Kier alpha value is -2.32. The van der Waals surface area contributed by atoms with Crippen LogP contribution in [-0.4, -0.2) is 53.2 Å². The number of cyclic esters (lactones) is 1. The highest BCUT2D eigenvalue weighted by Gasteiger charge is 2.71. The van der Waals surface area contributed by atoms with E-state index in [1.54, 1.807) is 34.6 Å². The van der Waals surface area contributed by atoms with Gasteiger partial charge in [-0.2, -0.15) is 0 Å². The normalized spacial score (nSPS) is 42.7. The van der Waals surface area contributed by atoms with E-state index in [-0.39, 0.29) is 30.8 Å². The number of hydrogen-bond donors (Lipinski definition) is 1. The van der Waals surface area contributed by atoms with E-state index in [1.807, 2.05) is 0 Å². The van der Waals surface area contributed by atoms with Crippen molar-refractivity contribution in [2.45, 2.75) is 71.9 Å². The summed E-state index contributed by atoms with van der Waals surface area (Å²) < 4.78 is 16.8. The molecule has 0 aromatic carbocycles. The van der Waals surface area contributed by atoms with E-state index in [4.69, 9.17) is 14.2 Å². The Labute approximate surface area is 186 Å².